The number of carbonyl (C=O) groups is 3. The fourth-order valence-corrected chi connectivity index (χ4v) is 4.58. The number of sulfonamides is 1. The molecule has 1 aromatic heterocycles. The molecule has 1 aliphatic heterocycles. The van der Waals surface area contributed by atoms with Crippen LogP contribution < -0.4 is 10.6 Å². The molecule has 3 rings (SSSR count). The molecule has 0 aliphatic carbocycles. The molecule has 2 N–H and O–H groups in total. The van der Waals surface area contributed by atoms with Crippen molar-refractivity contribution >= 4 is 33.6 Å². The van der Waals surface area contributed by atoms with Gasteiger partial charge in [0.1, 0.15) is 18.1 Å². The van der Waals surface area contributed by atoms with E-state index < -0.39 is 40.0 Å². The zero-order chi connectivity index (χ0) is 23.8. The van der Waals surface area contributed by atoms with Gasteiger partial charge in [-0.25, -0.2) is 13.2 Å². The van der Waals surface area contributed by atoms with Crippen LogP contribution >= 0.6 is 0 Å². The normalized spacial score (nSPS) is 19.0. The molecule has 10 nitrogen and oxygen atoms in total. The second kappa shape index (κ2) is 8.40. The van der Waals surface area contributed by atoms with Crippen LogP contribution in [0.1, 0.15) is 32.3 Å². The van der Waals surface area contributed by atoms with Crippen LogP contribution in [0.4, 0.5) is 10.5 Å². The topological polar surface area (TPSA) is 129 Å². The number of nitrogens with zero attached hydrogens (tertiary/aromatic N) is 2. The quantitative estimate of drug-likeness (QED) is 0.606. The maximum atomic E-state index is 12.8. The van der Waals surface area contributed by atoms with Crippen LogP contribution in [0.15, 0.2) is 45.7 Å². The van der Waals surface area contributed by atoms with E-state index in [0.717, 1.165) is 4.90 Å². The second-order valence-electron chi connectivity index (χ2n) is 8.04. The Labute approximate surface area is 186 Å². The molecule has 172 valence electrons. The third kappa shape index (κ3) is 4.26. The lowest BCUT2D eigenvalue weighted by molar-refractivity contribution is -0.134. The van der Waals surface area contributed by atoms with E-state index in [4.69, 9.17) is 4.42 Å². The molecule has 0 radical (unpaired) electrons. The Morgan fingerprint density at radius 2 is 1.81 bits per heavy atom. The number of anilines is 1. The van der Waals surface area contributed by atoms with Gasteiger partial charge in [0.25, 0.3) is 5.91 Å². The largest absolute Gasteiger partial charge is 0.463 e. The van der Waals surface area contributed by atoms with Crippen LogP contribution in [0.5, 0.6) is 0 Å². The van der Waals surface area contributed by atoms with Crippen LogP contribution in [0.2, 0.25) is 0 Å². The first-order valence-electron chi connectivity index (χ1n) is 9.95. The van der Waals surface area contributed by atoms with Crippen molar-refractivity contribution in [3.8, 4) is 0 Å². The number of benzene rings is 1. The van der Waals surface area contributed by atoms with Gasteiger partial charge in [0.05, 0.1) is 4.90 Å². The van der Waals surface area contributed by atoms with Gasteiger partial charge in [-0.2, -0.15) is 4.31 Å². The lowest BCUT2D eigenvalue weighted by Crippen LogP contribution is -2.41. The molecule has 1 aliphatic rings. The van der Waals surface area contributed by atoms with Crippen molar-refractivity contribution in [2.24, 2.45) is 0 Å². The van der Waals surface area contributed by atoms with Crippen molar-refractivity contribution in [2.45, 2.75) is 44.2 Å². The number of hydrogen-bond donors (Lipinski definition) is 2. The first-order chi connectivity index (χ1) is 14.9. The van der Waals surface area contributed by atoms with E-state index >= 15 is 0 Å². The maximum absolute atomic E-state index is 12.8. The molecule has 4 amide bonds. The number of urea groups is 1. The number of hydrogen-bond acceptors (Lipinski definition) is 6. The summed E-state index contributed by atoms with van der Waals surface area (Å²) in [6.45, 7) is 6.25. The van der Waals surface area contributed by atoms with Crippen molar-refractivity contribution in [1.82, 2.24) is 14.5 Å². The van der Waals surface area contributed by atoms with Crippen LogP contribution in [0.25, 0.3) is 0 Å². The summed E-state index contributed by atoms with van der Waals surface area (Å²) >= 11 is 0. The van der Waals surface area contributed by atoms with E-state index in [1.165, 1.54) is 42.5 Å². The fourth-order valence-electron chi connectivity index (χ4n) is 3.21. The molecule has 11 heteroatoms. The Morgan fingerprint density at radius 1 is 1.19 bits per heavy atom. The Morgan fingerprint density at radius 3 is 2.34 bits per heavy atom. The summed E-state index contributed by atoms with van der Waals surface area (Å²) < 4.78 is 31.8. The molecule has 0 spiro atoms. The summed E-state index contributed by atoms with van der Waals surface area (Å²) in [5.41, 5.74) is -1.07. The van der Waals surface area contributed by atoms with Crippen molar-refractivity contribution < 1.29 is 27.2 Å². The minimum atomic E-state index is -3.65. The maximum Gasteiger partial charge on any atom is 0.325 e. The van der Waals surface area contributed by atoms with Gasteiger partial charge in [0.2, 0.25) is 15.9 Å². The van der Waals surface area contributed by atoms with E-state index in [-0.39, 0.29) is 16.7 Å². The third-order valence-electron chi connectivity index (χ3n) is 5.35. The summed E-state index contributed by atoms with van der Waals surface area (Å²) in [6.07, 6.45) is 0. The van der Waals surface area contributed by atoms with Gasteiger partial charge in [0, 0.05) is 18.8 Å². The minimum absolute atomic E-state index is 0.0882. The number of rotatable bonds is 7. The lowest BCUT2D eigenvalue weighted by Gasteiger charge is -2.21. The number of imide groups is 1. The predicted octanol–water partition coefficient (Wildman–Crippen LogP) is 2.02. The van der Waals surface area contributed by atoms with Gasteiger partial charge in [-0.3, -0.25) is 14.5 Å². The van der Waals surface area contributed by atoms with E-state index in [9.17, 15) is 22.8 Å². The Hall–Kier alpha value is -3.18. The van der Waals surface area contributed by atoms with Crippen molar-refractivity contribution in [1.29, 1.82) is 0 Å². The third-order valence-corrected chi connectivity index (χ3v) is 7.40. The number of amides is 4. The zero-order valence-electron chi connectivity index (χ0n) is 18.5. The van der Waals surface area contributed by atoms with Gasteiger partial charge in [-0.1, -0.05) is 0 Å². The van der Waals surface area contributed by atoms with E-state index in [1.807, 2.05) is 0 Å². The zero-order valence-corrected chi connectivity index (χ0v) is 19.3. The molecule has 1 atom stereocenters. The summed E-state index contributed by atoms with van der Waals surface area (Å²) in [4.78, 5) is 38.5. The summed E-state index contributed by atoms with van der Waals surface area (Å²) in [6, 6.07) is 8.02. The highest BCUT2D eigenvalue weighted by Crippen LogP contribution is 2.30. The Kier molecular flexibility index (Phi) is 6.16. The average molecular weight is 463 g/mol. The predicted molar refractivity (Wildman–Crippen MR) is 116 cm³/mol. The van der Waals surface area contributed by atoms with Crippen molar-refractivity contribution in [3.05, 3.63) is 47.9 Å². The van der Waals surface area contributed by atoms with Crippen LogP contribution in [-0.4, -0.2) is 55.1 Å². The highest BCUT2D eigenvalue weighted by molar-refractivity contribution is 7.89. The van der Waals surface area contributed by atoms with E-state index in [0.29, 0.717) is 11.4 Å². The highest BCUT2D eigenvalue weighted by Gasteiger charge is 2.51. The molecule has 1 aromatic carbocycles. The first-order valence-corrected chi connectivity index (χ1v) is 11.4. The average Bonchev–Trinajstić information content (AvgIpc) is 3.25. The van der Waals surface area contributed by atoms with Gasteiger partial charge in [-0.05, 0) is 64.1 Å². The number of nitrogens with one attached hydrogen (secondary N) is 2. The summed E-state index contributed by atoms with van der Waals surface area (Å²) in [5.74, 6) is -0.350. The van der Waals surface area contributed by atoms with Gasteiger partial charge < -0.3 is 15.1 Å². The van der Waals surface area contributed by atoms with Crippen LogP contribution in [-0.2, 0) is 25.2 Å². The number of carbonyl (C=O) groups excluding carboxylic acids is 3. The molecule has 2 heterocycles. The first kappa shape index (κ1) is 23.5. The number of furan rings is 1. The molecule has 0 bridgehead atoms. The SMILES string of the molecule is Cc1ccc(C2(C)NC(=O)N(CC(=O)Nc3ccc(S(=O)(=O)N(C)C(C)C)cc3)C2=O)o1. The molecule has 1 unspecified atom stereocenters. The smallest absolute Gasteiger partial charge is 0.325 e. The lowest BCUT2D eigenvalue weighted by atomic mass is 9.99. The van der Waals surface area contributed by atoms with E-state index in [2.05, 4.69) is 10.6 Å². The van der Waals surface area contributed by atoms with Crippen molar-refractivity contribution in [2.75, 3.05) is 18.9 Å². The molecule has 1 saturated heterocycles. The molecule has 1 fully saturated rings. The van der Waals surface area contributed by atoms with Crippen molar-refractivity contribution in [3.63, 3.8) is 0 Å². The van der Waals surface area contributed by atoms with Gasteiger partial charge in [0.15, 0.2) is 5.54 Å². The minimum Gasteiger partial charge on any atom is -0.463 e. The molecule has 2 aromatic rings. The van der Waals surface area contributed by atoms with Crippen LogP contribution in [0.3, 0.4) is 0 Å². The van der Waals surface area contributed by atoms with E-state index in [1.54, 1.807) is 32.9 Å². The summed E-state index contributed by atoms with van der Waals surface area (Å²) in [5, 5.41) is 5.13. The number of aryl methyl sites for hydroxylation is 1. The molecular formula is C21H26N4O6S. The van der Waals surface area contributed by atoms with Gasteiger partial charge in [-0.15, -0.1) is 0 Å². The molecule has 0 saturated carbocycles. The second-order valence-corrected chi connectivity index (χ2v) is 10.0. The Balaban J connectivity index is 1.68. The van der Waals surface area contributed by atoms with Gasteiger partial charge >= 0.3 is 6.03 Å². The molecular weight excluding hydrogens is 436 g/mol. The van der Waals surface area contributed by atoms with Crippen LogP contribution in [0, 0.1) is 6.92 Å². The Bertz CT molecular complexity index is 1160. The standard InChI is InChI=1S/C21H26N4O6S/c1-13(2)24(5)32(29,30)16-9-7-15(8-10-16)22-18(26)12-25-19(27)21(4,23-20(25)28)17-11-6-14(3)31-17/h6-11,13H,12H2,1-5H3,(H,22,26)(H,23,28). The highest BCUT2D eigenvalue weighted by atomic mass is 32.2. The molecule has 32 heavy (non-hydrogen) atoms. The summed E-state index contributed by atoms with van der Waals surface area (Å²) in [7, 11) is -2.16. The fraction of sp³-hybridized carbons (Fsp3) is 0.381. The monoisotopic (exact) mass is 462 g/mol.